The molecule has 0 aliphatic heterocycles. The lowest BCUT2D eigenvalue weighted by atomic mass is 10.1. The quantitative estimate of drug-likeness (QED) is 0.182. The van der Waals surface area contributed by atoms with Crippen molar-refractivity contribution in [3.05, 3.63) is 182 Å². The number of para-hydroxylation sites is 3. The maximum Gasteiger partial charge on any atom is 0.160 e. The Labute approximate surface area is 319 Å². The van der Waals surface area contributed by atoms with Crippen LogP contribution in [0.4, 0.5) is 0 Å². The average Bonchev–Trinajstić information content (AvgIpc) is 3.90. The van der Waals surface area contributed by atoms with Gasteiger partial charge in [0.05, 0.1) is 38.0 Å². The van der Waals surface area contributed by atoms with E-state index in [0.29, 0.717) is 5.82 Å². The molecule has 12 rings (SSSR count). The molecule has 0 spiro atoms. The van der Waals surface area contributed by atoms with Crippen LogP contribution in [0.1, 0.15) is 0 Å². The highest BCUT2D eigenvalue weighted by atomic mass is 32.1. The molecule has 4 heterocycles. The predicted molar refractivity (Wildman–Crippen MR) is 232 cm³/mol. The van der Waals surface area contributed by atoms with E-state index in [1.807, 2.05) is 23.5 Å². The van der Waals surface area contributed by atoms with Crippen LogP contribution >= 0.6 is 11.3 Å². The van der Waals surface area contributed by atoms with Crippen LogP contribution in [-0.2, 0) is 0 Å². The van der Waals surface area contributed by atoms with Gasteiger partial charge in [0.15, 0.2) is 5.82 Å². The topological polar surface area (TPSA) is 35.6 Å². The number of rotatable bonds is 4. The first-order valence-corrected chi connectivity index (χ1v) is 19.4. The van der Waals surface area contributed by atoms with E-state index >= 15 is 0 Å². The van der Waals surface area contributed by atoms with Gasteiger partial charge in [0, 0.05) is 64.9 Å². The molecule has 4 aromatic heterocycles. The standard InChI is InChI=1S/C50H30N4S/c1-3-14-31(15-4-1)47-39-22-7-10-23-42(39)51-50(52-47)32-16-13-19-34(28-32)54-45-30-44-40(35-20-8-11-24-43(35)53(44)33-17-5-2-6-18-33)29-41(45)37-26-27-38-36-21-9-12-25-46(36)55-49(38)48(37)54/h1-30H. The maximum absolute atomic E-state index is 5.26. The van der Waals surface area contributed by atoms with Crippen LogP contribution in [0.5, 0.6) is 0 Å². The minimum Gasteiger partial charge on any atom is -0.309 e. The molecule has 256 valence electrons. The molecule has 0 fully saturated rings. The summed E-state index contributed by atoms with van der Waals surface area (Å²) >= 11 is 1.87. The molecule has 0 saturated carbocycles. The first kappa shape index (κ1) is 30.4. The molecule has 5 heteroatoms. The van der Waals surface area contributed by atoms with Gasteiger partial charge >= 0.3 is 0 Å². The summed E-state index contributed by atoms with van der Waals surface area (Å²) in [7, 11) is 0. The lowest BCUT2D eigenvalue weighted by Crippen LogP contribution is -1.98. The lowest BCUT2D eigenvalue weighted by Gasteiger charge is -2.13. The van der Waals surface area contributed by atoms with E-state index in [2.05, 4.69) is 179 Å². The van der Waals surface area contributed by atoms with E-state index in [4.69, 9.17) is 9.97 Å². The zero-order valence-electron chi connectivity index (χ0n) is 29.5. The molecular weight excluding hydrogens is 689 g/mol. The van der Waals surface area contributed by atoms with Crippen molar-refractivity contribution in [1.82, 2.24) is 19.1 Å². The Bertz CT molecular complexity index is 3480. The zero-order chi connectivity index (χ0) is 36.0. The number of fused-ring (bicyclic) bond motifs is 11. The van der Waals surface area contributed by atoms with Crippen LogP contribution in [0.3, 0.4) is 0 Å². The molecule has 55 heavy (non-hydrogen) atoms. The predicted octanol–water partition coefficient (Wildman–Crippen LogP) is 13.5. The SMILES string of the molecule is c1ccc(-c2nc(-c3cccc(-n4c5cc6c(cc5c5ccc7c8ccccc8sc7c54)c4ccccc4n6-c4ccccc4)c3)nc3ccccc23)cc1. The molecule has 0 N–H and O–H groups in total. The number of hydrogen-bond donors (Lipinski definition) is 0. The van der Waals surface area contributed by atoms with Crippen LogP contribution in [0.2, 0.25) is 0 Å². The second-order valence-electron chi connectivity index (χ2n) is 14.2. The maximum atomic E-state index is 5.26. The largest absolute Gasteiger partial charge is 0.309 e. The normalized spacial score (nSPS) is 12.0. The third-order valence-corrected chi connectivity index (χ3v) is 12.3. The first-order valence-electron chi connectivity index (χ1n) is 18.6. The molecule has 0 aliphatic carbocycles. The smallest absolute Gasteiger partial charge is 0.160 e. The van der Waals surface area contributed by atoms with Gasteiger partial charge in [-0.2, -0.15) is 0 Å². The Hall–Kier alpha value is -7.08. The number of benzene rings is 8. The fraction of sp³-hybridized carbons (Fsp3) is 0. The molecule has 0 bridgehead atoms. The fourth-order valence-corrected chi connectivity index (χ4v) is 9.91. The highest BCUT2D eigenvalue weighted by Gasteiger charge is 2.22. The minimum absolute atomic E-state index is 0.707. The van der Waals surface area contributed by atoms with Gasteiger partial charge in [0.25, 0.3) is 0 Å². The molecule has 0 radical (unpaired) electrons. The Morgan fingerprint density at radius 3 is 1.91 bits per heavy atom. The van der Waals surface area contributed by atoms with E-state index in [-0.39, 0.29) is 0 Å². The molecule has 0 amide bonds. The van der Waals surface area contributed by atoms with Crippen molar-refractivity contribution >= 4 is 86.0 Å². The number of hydrogen-bond acceptors (Lipinski definition) is 3. The number of aromatic nitrogens is 4. The van der Waals surface area contributed by atoms with E-state index in [1.54, 1.807) is 0 Å². The van der Waals surface area contributed by atoms with Gasteiger partial charge in [-0.25, -0.2) is 9.97 Å². The lowest BCUT2D eigenvalue weighted by molar-refractivity contribution is 1.16. The van der Waals surface area contributed by atoms with Crippen LogP contribution in [-0.4, -0.2) is 19.1 Å². The summed E-state index contributed by atoms with van der Waals surface area (Å²) in [4.78, 5) is 10.4. The van der Waals surface area contributed by atoms with Crippen LogP contribution < -0.4 is 0 Å². The van der Waals surface area contributed by atoms with E-state index in [9.17, 15) is 0 Å². The summed E-state index contributed by atoms with van der Waals surface area (Å²) in [6.07, 6.45) is 0. The number of thiophene rings is 1. The van der Waals surface area contributed by atoms with Crippen molar-refractivity contribution in [1.29, 1.82) is 0 Å². The third-order valence-electron chi connectivity index (χ3n) is 11.1. The summed E-state index contributed by atoms with van der Waals surface area (Å²) in [6.45, 7) is 0. The van der Waals surface area contributed by atoms with E-state index in [1.165, 1.54) is 58.3 Å². The molecular formula is C50H30N4S. The Morgan fingerprint density at radius 1 is 0.382 bits per heavy atom. The van der Waals surface area contributed by atoms with Gasteiger partial charge in [-0.15, -0.1) is 11.3 Å². The van der Waals surface area contributed by atoms with Gasteiger partial charge in [-0.05, 0) is 54.6 Å². The molecule has 0 saturated heterocycles. The summed E-state index contributed by atoms with van der Waals surface area (Å²) < 4.78 is 7.47. The van der Waals surface area contributed by atoms with Crippen LogP contribution in [0, 0.1) is 0 Å². The van der Waals surface area contributed by atoms with Gasteiger partial charge in [0.1, 0.15) is 0 Å². The van der Waals surface area contributed by atoms with Crippen molar-refractivity contribution in [2.24, 2.45) is 0 Å². The second-order valence-corrected chi connectivity index (χ2v) is 15.2. The van der Waals surface area contributed by atoms with Crippen molar-refractivity contribution in [2.45, 2.75) is 0 Å². The van der Waals surface area contributed by atoms with Gasteiger partial charge in [-0.3, -0.25) is 0 Å². The Balaban J connectivity index is 1.19. The van der Waals surface area contributed by atoms with Gasteiger partial charge in [0.2, 0.25) is 0 Å². The van der Waals surface area contributed by atoms with Crippen molar-refractivity contribution in [3.8, 4) is 34.0 Å². The summed E-state index contributed by atoms with van der Waals surface area (Å²) in [5, 5.41) is 8.58. The molecule has 4 nitrogen and oxygen atoms in total. The third kappa shape index (κ3) is 4.51. The Morgan fingerprint density at radius 2 is 1.04 bits per heavy atom. The highest BCUT2D eigenvalue weighted by Crippen LogP contribution is 2.45. The molecule has 0 atom stereocenters. The van der Waals surface area contributed by atoms with E-state index < -0.39 is 0 Å². The minimum atomic E-state index is 0.707. The summed E-state index contributed by atoms with van der Waals surface area (Å²) in [5.74, 6) is 0.707. The van der Waals surface area contributed by atoms with E-state index in [0.717, 1.165) is 44.6 Å². The molecule has 8 aromatic carbocycles. The van der Waals surface area contributed by atoms with Gasteiger partial charge < -0.3 is 9.13 Å². The fourth-order valence-electron chi connectivity index (χ4n) is 8.67. The molecule has 12 aromatic rings. The van der Waals surface area contributed by atoms with Crippen molar-refractivity contribution < 1.29 is 0 Å². The monoisotopic (exact) mass is 718 g/mol. The Kier molecular flexibility index (Phi) is 6.47. The summed E-state index contributed by atoms with van der Waals surface area (Å²) in [6, 6.07) is 65.2. The molecule has 0 aliphatic rings. The number of nitrogens with zero attached hydrogens (tertiary/aromatic N) is 4. The second kappa shape index (κ2) is 11.7. The summed E-state index contributed by atoms with van der Waals surface area (Å²) in [5.41, 5.74) is 10.9. The first-order chi connectivity index (χ1) is 27.3. The average molecular weight is 719 g/mol. The van der Waals surface area contributed by atoms with Crippen LogP contribution in [0.25, 0.3) is 109 Å². The zero-order valence-corrected chi connectivity index (χ0v) is 30.3. The van der Waals surface area contributed by atoms with Crippen molar-refractivity contribution in [3.63, 3.8) is 0 Å². The molecule has 0 unspecified atom stereocenters. The van der Waals surface area contributed by atoms with Crippen LogP contribution in [0.15, 0.2) is 182 Å². The van der Waals surface area contributed by atoms with Gasteiger partial charge in [-0.1, -0.05) is 127 Å². The highest BCUT2D eigenvalue weighted by molar-refractivity contribution is 7.26. The van der Waals surface area contributed by atoms with Crippen molar-refractivity contribution in [2.75, 3.05) is 0 Å².